The Hall–Kier alpha value is -0.930. The first-order valence-corrected chi connectivity index (χ1v) is 5.64. The molecule has 1 aromatic rings. The van der Waals surface area contributed by atoms with Gasteiger partial charge in [-0.2, -0.15) is 0 Å². The Balaban J connectivity index is 2.80. The van der Waals surface area contributed by atoms with Gasteiger partial charge in [-0.15, -0.1) is 0 Å². The smallest absolute Gasteiger partial charge is 0.123 e. The zero-order chi connectivity index (χ0) is 12.1. The van der Waals surface area contributed by atoms with E-state index in [4.69, 9.17) is 5.11 Å². The number of rotatable bonds is 5. The molecule has 0 bridgehead atoms. The quantitative estimate of drug-likeness (QED) is 0.831. The highest BCUT2D eigenvalue weighted by Gasteiger charge is 2.11. The third-order valence-corrected chi connectivity index (χ3v) is 2.80. The second kappa shape index (κ2) is 5.97. The van der Waals surface area contributed by atoms with E-state index in [2.05, 4.69) is 18.7 Å². The molecule has 0 saturated heterocycles. The molecular formula is C13H20FNO. The van der Waals surface area contributed by atoms with E-state index in [0.29, 0.717) is 19.1 Å². The summed E-state index contributed by atoms with van der Waals surface area (Å²) in [6.45, 7) is 7.56. The van der Waals surface area contributed by atoms with Crippen molar-refractivity contribution in [2.45, 2.75) is 33.4 Å². The predicted octanol–water partition coefficient (Wildman–Crippen LogP) is 2.34. The standard InChI is InChI=1S/C13H20FNO/c1-10(2)15(6-7-16)9-12-8-13(14)5-4-11(12)3/h4-5,8,10,16H,6-7,9H2,1-3H3. The van der Waals surface area contributed by atoms with Crippen molar-refractivity contribution in [2.75, 3.05) is 13.2 Å². The summed E-state index contributed by atoms with van der Waals surface area (Å²) in [5, 5.41) is 8.97. The Morgan fingerprint density at radius 1 is 1.38 bits per heavy atom. The predicted molar refractivity (Wildman–Crippen MR) is 63.8 cm³/mol. The second-order valence-electron chi connectivity index (χ2n) is 4.36. The van der Waals surface area contributed by atoms with Crippen molar-refractivity contribution < 1.29 is 9.50 Å². The fourth-order valence-electron chi connectivity index (χ4n) is 1.68. The third-order valence-electron chi connectivity index (χ3n) is 2.80. The van der Waals surface area contributed by atoms with Crippen molar-refractivity contribution in [3.63, 3.8) is 0 Å². The summed E-state index contributed by atoms with van der Waals surface area (Å²) < 4.78 is 13.1. The Bertz CT molecular complexity index is 339. The van der Waals surface area contributed by atoms with E-state index in [9.17, 15) is 4.39 Å². The van der Waals surface area contributed by atoms with Crippen LogP contribution in [0.25, 0.3) is 0 Å². The molecule has 16 heavy (non-hydrogen) atoms. The molecule has 1 aromatic carbocycles. The van der Waals surface area contributed by atoms with E-state index in [1.807, 2.05) is 6.92 Å². The molecule has 2 nitrogen and oxygen atoms in total. The molecule has 3 heteroatoms. The molecule has 0 saturated carbocycles. The van der Waals surface area contributed by atoms with Gasteiger partial charge in [0.05, 0.1) is 6.61 Å². The molecule has 1 rings (SSSR count). The van der Waals surface area contributed by atoms with Crippen molar-refractivity contribution in [1.82, 2.24) is 4.90 Å². The summed E-state index contributed by atoms with van der Waals surface area (Å²) in [6, 6.07) is 5.18. The van der Waals surface area contributed by atoms with E-state index >= 15 is 0 Å². The molecular weight excluding hydrogens is 205 g/mol. The van der Waals surface area contributed by atoms with Crippen LogP contribution in [0.1, 0.15) is 25.0 Å². The highest BCUT2D eigenvalue weighted by Crippen LogP contribution is 2.14. The Morgan fingerprint density at radius 2 is 2.06 bits per heavy atom. The van der Waals surface area contributed by atoms with Gasteiger partial charge >= 0.3 is 0 Å². The van der Waals surface area contributed by atoms with Gasteiger partial charge in [0, 0.05) is 19.1 Å². The van der Waals surface area contributed by atoms with Crippen molar-refractivity contribution in [3.05, 3.63) is 35.1 Å². The topological polar surface area (TPSA) is 23.5 Å². The molecule has 1 N–H and O–H groups in total. The second-order valence-corrected chi connectivity index (χ2v) is 4.36. The minimum atomic E-state index is -0.201. The number of hydrogen-bond acceptors (Lipinski definition) is 2. The molecule has 0 aliphatic rings. The van der Waals surface area contributed by atoms with Crippen LogP contribution in [0.4, 0.5) is 4.39 Å². The molecule has 0 aliphatic carbocycles. The normalized spacial score (nSPS) is 11.4. The number of aliphatic hydroxyl groups is 1. The highest BCUT2D eigenvalue weighted by molar-refractivity contribution is 5.26. The molecule has 0 atom stereocenters. The summed E-state index contributed by atoms with van der Waals surface area (Å²) in [5.41, 5.74) is 2.08. The number of aliphatic hydroxyl groups excluding tert-OH is 1. The van der Waals surface area contributed by atoms with Crippen molar-refractivity contribution in [1.29, 1.82) is 0 Å². The molecule has 90 valence electrons. The Morgan fingerprint density at radius 3 is 2.62 bits per heavy atom. The maximum absolute atomic E-state index is 13.1. The maximum Gasteiger partial charge on any atom is 0.123 e. The van der Waals surface area contributed by atoms with Crippen LogP contribution in [0.2, 0.25) is 0 Å². The van der Waals surface area contributed by atoms with Gasteiger partial charge in [-0.3, -0.25) is 4.90 Å². The minimum absolute atomic E-state index is 0.131. The van der Waals surface area contributed by atoms with Crippen molar-refractivity contribution in [2.24, 2.45) is 0 Å². The number of nitrogens with zero attached hydrogens (tertiary/aromatic N) is 1. The van der Waals surface area contributed by atoms with Crippen LogP contribution in [0, 0.1) is 12.7 Å². The van der Waals surface area contributed by atoms with Crippen LogP contribution in [-0.4, -0.2) is 29.2 Å². The van der Waals surface area contributed by atoms with E-state index in [1.165, 1.54) is 6.07 Å². The fraction of sp³-hybridized carbons (Fsp3) is 0.538. The lowest BCUT2D eigenvalue weighted by atomic mass is 10.1. The largest absolute Gasteiger partial charge is 0.395 e. The van der Waals surface area contributed by atoms with Crippen molar-refractivity contribution >= 4 is 0 Å². The molecule has 0 aromatic heterocycles. The van der Waals surface area contributed by atoms with Gasteiger partial charge < -0.3 is 5.11 Å². The summed E-state index contributed by atoms with van der Waals surface area (Å²) in [4.78, 5) is 2.13. The zero-order valence-electron chi connectivity index (χ0n) is 10.2. The van der Waals surface area contributed by atoms with Crippen molar-refractivity contribution in [3.8, 4) is 0 Å². The monoisotopic (exact) mass is 225 g/mol. The number of aryl methyl sites for hydroxylation is 1. The van der Waals surface area contributed by atoms with Gasteiger partial charge in [0.15, 0.2) is 0 Å². The summed E-state index contributed by atoms with van der Waals surface area (Å²) in [6.07, 6.45) is 0. The first-order chi connectivity index (χ1) is 7.54. The lowest BCUT2D eigenvalue weighted by Gasteiger charge is -2.26. The minimum Gasteiger partial charge on any atom is -0.395 e. The average Bonchev–Trinajstić information content (AvgIpc) is 2.22. The Labute approximate surface area is 96.7 Å². The third kappa shape index (κ3) is 3.58. The van der Waals surface area contributed by atoms with Gasteiger partial charge in [0.2, 0.25) is 0 Å². The van der Waals surface area contributed by atoms with Crippen LogP contribution in [-0.2, 0) is 6.54 Å². The summed E-state index contributed by atoms with van der Waals surface area (Å²) >= 11 is 0. The molecule has 0 heterocycles. The van der Waals surface area contributed by atoms with E-state index in [-0.39, 0.29) is 12.4 Å². The first-order valence-electron chi connectivity index (χ1n) is 5.64. The molecule has 0 aliphatic heterocycles. The van der Waals surface area contributed by atoms with E-state index in [0.717, 1.165) is 11.1 Å². The molecule has 0 unspecified atom stereocenters. The van der Waals surface area contributed by atoms with Crippen LogP contribution < -0.4 is 0 Å². The lowest BCUT2D eigenvalue weighted by Crippen LogP contribution is -2.33. The van der Waals surface area contributed by atoms with Gasteiger partial charge in [-0.25, -0.2) is 4.39 Å². The van der Waals surface area contributed by atoms with Crippen LogP contribution in [0.5, 0.6) is 0 Å². The van der Waals surface area contributed by atoms with Crippen LogP contribution in [0.3, 0.4) is 0 Å². The SMILES string of the molecule is Cc1ccc(F)cc1CN(CCO)C(C)C. The highest BCUT2D eigenvalue weighted by atomic mass is 19.1. The molecule has 0 fully saturated rings. The van der Waals surface area contributed by atoms with Gasteiger partial charge in [0.25, 0.3) is 0 Å². The summed E-state index contributed by atoms with van der Waals surface area (Å²) in [5.74, 6) is -0.201. The molecule has 0 spiro atoms. The van der Waals surface area contributed by atoms with E-state index < -0.39 is 0 Å². The van der Waals surface area contributed by atoms with Gasteiger partial charge in [-0.05, 0) is 44.0 Å². The summed E-state index contributed by atoms with van der Waals surface area (Å²) in [7, 11) is 0. The van der Waals surface area contributed by atoms with Gasteiger partial charge in [-0.1, -0.05) is 6.07 Å². The van der Waals surface area contributed by atoms with Crippen LogP contribution >= 0.6 is 0 Å². The molecule has 0 amide bonds. The average molecular weight is 225 g/mol. The van der Waals surface area contributed by atoms with Gasteiger partial charge in [0.1, 0.15) is 5.82 Å². The lowest BCUT2D eigenvalue weighted by molar-refractivity contribution is 0.159. The molecule has 0 radical (unpaired) electrons. The number of benzene rings is 1. The number of hydrogen-bond donors (Lipinski definition) is 1. The number of halogens is 1. The fourth-order valence-corrected chi connectivity index (χ4v) is 1.68. The van der Waals surface area contributed by atoms with E-state index in [1.54, 1.807) is 12.1 Å². The Kier molecular flexibility index (Phi) is 4.90. The van der Waals surface area contributed by atoms with Crippen LogP contribution in [0.15, 0.2) is 18.2 Å². The maximum atomic E-state index is 13.1. The zero-order valence-corrected chi connectivity index (χ0v) is 10.2. The first kappa shape index (κ1) is 13.1.